The molecular weight excluding hydrogens is 473 g/mol. The van der Waals surface area contributed by atoms with E-state index in [-0.39, 0.29) is 24.1 Å². The Hall–Kier alpha value is -3.27. The number of para-hydroxylation sites is 2. The highest BCUT2D eigenvalue weighted by Crippen LogP contribution is 2.32. The lowest BCUT2D eigenvalue weighted by Crippen LogP contribution is -2.46. The van der Waals surface area contributed by atoms with E-state index < -0.39 is 17.6 Å². The lowest BCUT2D eigenvalue weighted by Gasteiger charge is -2.38. The Morgan fingerprint density at radius 1 is 1.03 bits per heavy atom. The molecule has 10 heteroatoms. The predicted molar refractivity (Wildman–Crippen MR) is 130 cm³/mol. The van der Waals surface area contributed by atoms with Gasteiger partial charge in [0.2, 0.25) is 5.91 Å². The van der Waals surface area contributed by atoms with Crippen molar-refractivity contribution < 1.29 is 27.5 Å². The van der Waals surface area contributed by atoms with Gasteiger partial charge in [0.05, 0.1) is 24.9 Å². The van der Waals surface area contributed by atoms with Crippen LogP contribution in [0.3, 0.4) is 0 Å². The Bertz CT molecular complexity index is 1070. The zero-order chi connectivity index (χ0) is 25.7. The molecule has 2 aliphatic heterocycles. The molecule has 4 rings (SSSR count). The first-order valence-corrected chi connectivity index (χ1v) is 12.1. The number of nitrogens with zero attached hydrogens (tertiary/aromatic N) is 2. The Morgan fingerprint density at radius 2 is 1.78 bits per heavy atom. The van der Waals surface area contributed by atoms with Crippen molar-refractivity contribution in [2.75, 3.05) is 44.7 Å². The Balaban J connectivity index is 1.20. The van der Waals surface area contributed by atoms with Gasteiger partial charge >= 0.3 is 6.18 Å². The molecule has 0 radical (unpaired) electrons. The molecule has 2 amide bonds. The third-order valence-electron chi connectivity index (χ3n) is 6.85. The molecule has 0 unspecified atom stereocenters. The van der Waals surface area contributed by atoms with Crippen molar-refractivity contribution in [3.05, 3.63) is 59.7 Å². The van der Waals surface area contributed by atoms with Crippen LogP contribution in [0.2, 0.25) is 0 Å². The number of carbonyl (C=O) groups is 2. The van der Waals surface area contributed by atoms with Crippen LogP contribution in [-0.4, -0.2) is 68.6 Å². The van der Waals surface area contributed by atoms with Crippen LogP contribution in [0.1, 0.15) is 35.2 Å². The van der Waals surface area contributed by atoms with E-state index in [1.807, 2.05) is 18.2 Å². The number of hydrogen-bond acceptors (Lipinski definition) is 5. The Morgan fingerprint density at radius 3 is 2.50 bits per heavy atom. The number of carbonyl (C=O) groups excluding carboxylic acids is 2. The van der Waals surface area contributed by atoms with Crippen LogP contribution >= 0.6 is 0 Å². The molecule has 0 saturated carbocycles. The summed E-state index contributed by atoms with van der Waals surface area (Å²) >= 11 is 0. The van der Waals surface area contributed by atoms with Crippen molar-refractivity contribution in [1.29, 1.82) is 0 Å². The lowest BCUT2D eigenvalue weighted by atomic mass is 10.0. The highest BCUT2D eigenvalue weighted by molar-refractivity contribution is 5.96. The average molecular weight is 505 g/mol. The summed E-state index contributed by atoms with van der Waals surface area (Å²) in [5.74, 6) is -0.195. The summed E-state index contributed by atoms with van der Waals surface area (Å²) in [6, 6.07) is 12.6. The fourth-order valence-corrected chi connectivity index (χ4v) is 4.98. The monoisotopic (exact) mass is 504 g/mol. The van der Waals surface area contributed by atoms with Gasteiger partial charge in [-0.2, -0.15) is 13.2 Å². The number of rotatable bonds is 7. The van der Waals surface area contributed by atoms with Crippen molar-refractivity contribution >= 4 is 17.5 Å². The molecule has 1 atom stereocenters. The second kappa shape index (κ2) is 11.2. The number of halogens is 3. The van der Waals surface area contributed by atoms with Gasteiger partial charge in [-0.15, -0.1) is 0 Å². The molecule has 36 heavy (non-hydrogen) atoms. The standard InChI is InChI=1S/C26H31F3N4O3/c1-36-23-8-3-2-7-22(23)32-13-10-21(11-14-32)33-12-9-20(17-33)31-24(34)16-30-25(35)18-5-4-6-19(15-18)26(27,28)29/h2-8,15,20-21H,9-14,16-17H2,1H3,(H,30,35)(H,31,34)/t20-/m1/s1. The maximum Gasteiger partial charge on any atom is 0.416 e. The fraction of sp³-hybridized carbons (Fsp3) is 0.462. The largest absolute Gasteiger partial charge is 0.495 e. The molecule has 2 heterocycles. The number of benzene rings is 2. The molecule has 0 spiro atoms. The van der Waals surface area contributed by atoms with Crippen LogP contribution in [0, 0.1) is 0 Å². The second-order valence-corrected chi connectivity index (χ2v) is 9.20. The normalized spacial score (nSPS) is 19.2. The van der Waals surface area contributed by atoms with Crippen LogP contribution in [-0.2, 0) is 11.0 Å². The number of alkyl halides is 3. The maximum absolute atomic E-state index is 12.9. The van der Waals surface area contributed by atoms with E-state index in [1.54, 1.807) is 7.11 Å². The molecule has 0 bridgehead atoms. The maximum atomic E-state index is 12.9. The molecule has 2 aromatic rings. The first kappa shape index (κ1) is 25.8. The summed E-state index contributed by atoms with van der Waals surface area (Å²) in [7, 11) is 1.68. The summed E-state index contributed by atoms with van der Waals surface area (Å²) in [4.78, 5) is 29.3. The summed E-state index contributed by atoms with van der Waals surface area (Å²) in [6.07, 6.45) is -1.68. The van der Waals surface area contributed by atoms with E-state index in [2.05, 4.69) is 26.5 Å². The van der Waals surface area contributed by atoms with E-state index in [4.69, 9.17) is 4.74 Å². The van der Waals surface area contributed by atoms with Crippen molar-refractivity contribution in [3.8, 4) is 5.75 Å². The van der Waals surface area contributed by atoms with Gasteiger partial charge in [-0.25, -0.2) is 0 Å². The molecule has 2 N–H and O–H groups in total. The van der Waals surface area contributed by atoms with Gasteiger partial charge in [-0.1, -0.05) is 18.2 Å². The van der Waals surface area contributed by atoms with Gasteiger partial charge in [0, 0.05) is 43.8 Å². The summed E-state index contributed by atoms with van der Waals surface area (Å²) < 4.78 is 44.1. The molecule has 194 valence electrons. The minimum absolute atomic E-state index is 0.0183. The number of hydrogen-bond donors (Lipinski definition) is 2. The van der Waals surface area contributed by atoms with Crippen LogP contribution in [0.25, 0.3) is 0 Å². The lowest BCUT2D eigenvalue weighted by molar-refractivity contribution is -0.137. The topological polar surface area (TPSA) is 73.9 Å². The highest BCUT2D eigenvalue weighted by atomic mass is 19.4. The van der Waals surface area contributed by atoms with Crippen molar-refractivity contribution in [1.82, 2.24) is 15.5 Å². The zero-order valence-corrected chi connectivity index (χ0v) is 20.2. The van der Waals surface area contributed by atoms with Crippen LogP contribution in [0.5, 0.6) is 5.75 Å². The van der Waals surface area contributed by atoms with Crippen LogP contribution in [0.4, 0.5) is 18.9 Å². The minimum atomic E-state index is -4.53. The summed E-state index contributed by atoms with van der Waals surface area (Å²) in [6.45, 7) is 3.21. The summed E-state index contributed by atoms with van der Waals surface area (Å²) in [5.41, 5.74) is 0.0701. The van der Waals surface area contributed by atoms with E-state index in [9.17, 15) is 22.8 Å². The Labute approximate surface area is 208 Å². The molecule has 2 saturated heterocycles. The molecule has 2 aliphatic rings. The third-order valence-corrected chi connectivity index (χ3v) is 6.85. The van der Waals surface area contributed by atoms with E-state index in [1.165, 1.54) is 12.1 Å². The SMILES string of the molecule is COc1ccccc1N1CCC(N2CC[C@@H](NC(=O)CNC(=O)c3cccc(C(F)(F)F)c3)C2)CC1. The van der Waals surface area contributed by atoms with Gasteiger partial charge in [-0.05, 0) is 49.6 Å². The molecule has 0 aliphatic carbocycles. The number of nitrogens with one attached hydrogen (secondary N) is 2. The van der Waals surface area contributed by atoms with Gasteiger partial charge in [0.15, 0.2) is 0 Å². The van der Waals surface area contributed by atoms with Crippen molar-refractivity contribution in [3.63, 3.8) is 0 Å². The quantitative estimate of drug-likeness (QED) is 0.606. The highest BCUT2D eigenvalue weighted by Gasteiger charge is 2.32. The van der Waals surface area contributed by atoms with Gasteiger partial charge in [0.1, 0.15) is 5.75 Å². The van der Waals surface area contributed by atoms with E-state index in [0.29, 0.717) is 6.04 Å². The van der Waals surface area contributed by atoms with Gasteiger partial charge < -0.3 is 20.3 Å². The van der Waals surface area contributed by atoms with E-state index >= 15 is 0 Å². The van der Waals surface area contributed by atoms with Crippen molar-refractivity contribution in [2.24, 2.45) is 0 Å². The van der Waals surface area contributed by atoms with Crippen LogP contribution < -0.4 is 20.3 Å². The molecule has 2 fully saturated rings. The third kappa shape index (κ3) is 6.29. The molecule has 0 aromatic heterocycles. The number of amides is 2. The smallest absolute Gasteiger partial charge is 0.416 e. The van der Waals surface area contributed by atoms with Gasteiger partial charge in [-0.3, -0.25) is 14.5 Å². The summed E-state index contributed by atoms with van der Waals surface area (Å²) in [5, 5.41) is 5.35. The number of piperidine rings is 1. The Kier molecular flexibility index (Phi) is 8.03. The first-order chi connectivity index (χ1) is 17.2. The molecular formula is C26H31F3N4O3. The molecule has 7 nitrogen and oxygen atoms in total. The number of likely N-dealkylation sites (tertiary alicyclic amines) is 1. The fourth-order valence-electron chi connectivity index (χ4n) is 4.98. The molecule has 2 aromatic carbocycles. The minimum Gasteiger partial charge on any atom is -0.495 e. The van der Waals surface area contributed by atoms with Gasteiger partial charge in [0.25, 0.3) is 5.91 Å². The number of methoxy groups -OCH3 is 1. The zero-order valence-electron chi connectivity index (χ0n) is 20.2. The van der Waals surface area contributed by atoms with Crippen molar-refractivity contribution in [2.45, 2.75) is 37.5 Å². The average Bonchev–Trinajstić information content (AvgIpc) is 3.35. The van der Waals surface area contributed by atoms with Crippen LogP contribution in [0.15, 0.2) is 48.5 Å². The number of ether oxygens (including phenoxy) is 1. The predicted octanol–water partition coefficient (Wildman–Crippen LogP) is 3.30. The van der Waals surface area contributed by atoms with E-state index in [0.717, 1.165) is 69.0 Å². The second-order valence-electron chi connectivity index (χ2n) is 9.20. The first-order valence-electron chi connectivity index (χ1n) is 12.1. The number of anilines is 1.